The van der Waals surface area contributed by atoms with E-state index < -0.39 is 0 Å². The van der Waals surface area contributed by atoms with Crippen molar-refractivity contribution >= 4 is 63.7 Å². The van der Waals surface area contributed by atoms with E-state index in [1.807, 2.05) is 0 Å². The number of hydrogen-bond donors (Lipinski definition) is 0. The van der Waals surface area contributed by atoms with Crippen LogP contribution in [0.3, 0.4) is 0 Å². The predicted molar refractivity (Wildman–Crippen MR) is 108 cm³/mol. The molecule has 0 bridgehead atoms. The Morgan fingerprint density at radius 2 is 1.19 bits per heavy atom. The second kappa shape index (κ2) is 11.6. The van der Waals surface area contributed by atoms with Crippen molar-refractivity contribution in [2.45, 2.75) is 71.1 Å². The summed E-state index contributed by atoms with van der Waals surface area (Å²) in [6.07, 6.45) is 13.5. The monoisotopic (exact) mass is 544 g/mol. The maximum atomic E-state index is 3.69. The third-order valence-electron chi connectivity index (χ3n) is 3.73. The van der Waals surface area contributed by atoms with Gasteiger partial charge in [-0.05, 0) is 88.2 Å². The van der Waals surface area contributed by atoms with Crippen molar-refractivity contribution in [1.29, 1.82) is 0 Å². The Labute approximate surface area is 163 Å². The maximum Gasteiger partial charge on any atom is 0.0473 e. The summed E-state index contributed by atoms with van der Waals surface area (Å²) in [7, 11) is 0. The van der Waals surface area contributed by atoms with Gasteiger partial charge in [0.1, 0.15) is 0 Å². The van der Waals surface area contributed by atoms with Crippen LogP contribution >= 0.6 is 63.7 Å². The molecule has 0 N–H and O–H groups in total. The summed E-state index contributed by atoms with van der Waals surface area (Å²) in [6.45, 7) is 2.27. The van der Waals surface area contributed by atoms with Gasteiger partial charge in [0.2, 0.25) is 0 Å². The summed E-state index contributed by atoms with van der Waals surface area (Å²) >= 11 is 14.5. The van der Waals surface area contributed by atoms with Crippen LogP contribution in [0.4, 0.5) is 0 Å². The Morgan fingerprint density at radius 3 is 1.76 bits per heavy atom. The molecule has 0 radical (unpaired) electrons. The van der Waals surface area contributed by atoms with E-state index in [0.717, 1.165) is 19.8 Å². The fraction of sp³-hybridized carbons (Fsp3) is 0.647. The van der Waals surface area contributed by atoms with Gasteiger partial charge >= 0.3 is 0 Å². The molecule has 0 aliphatic rings. The molecular formula is C17H24Br4. The first-order chi connectivity index (χ1) is 10.1. The van der Waals surface area contributed by atoms with Crippen LogP contribution in [-0.4, -0.2) is 0 Å². The third-order valence-corrected chi connectivity index (χ3v) is 8.47. The summed E-state index contributed by atoms with van der Waals surface area (Å²) in [6, 6.07) is 2.21. The molecule has 120 valence electrons. The average Bonchev–Trinajstić information content (AvgIpc) is 2.48. The Kier molecular flexibility index (Phi) is 11.2. The molecule has 0 atom stereocenters. The van der Waals surface area contributed by atoms with E-state index in [1.54, 1.807) is 0 Å². The number of benzene rings is 1. The minimum Gasteiger partial charge on any atom is -0.0654 e. The molecule has 0 saturated carbocycles. The second-order valence-corrected chi connectivity index (χ2v) is 8.77. The Balaban J connectivity index is 2.22. The molecule has 0 unspecified atom stereocenters. The van der Waals surface area contributed by atoms with Gasteiger partial charge in [-0.2, -0.15) is 0 Å². The molecule has 0 aliphatic carbocycles. The number of rotatable bonds is 10. The van der Waals surface area contributed by atoms with E-state index in [1.165, 1.54) is 67.8 Å². The van der Waals surface area contributed by atoms with E-state index >= 15 is 0 Å². The van der Waals surface area contributed by atoms with Gasteiger partial charge in [0, 0.05) is 17.9 Å². The van der Waals surface area contributed by atoms with Crippen molar-refractivity contribution in [3.8, 4) is 0 Å². The lowest BCUT2D eigenvalue weighted by Crippen LogP contribution is -1.91. The van der Waals surface area contributed by atoms with E-state index in [0.29, 0.717) is 0 Å². The zero-order valence-electron chi connectivity index (χ0n) is 12.7. The van der Waals surface area contributed by atoms with Crippen LogP contribution in [0.15, 0.2) is 24.0 Å². The molecular weight excluding hydrogens is 524 g/mol. The number of hydrogen-bond acceptors (Lipinski definition) is 0. The highest BCUT2D eigenvalue weighted by atomic mass is 79.9. The van der Waals surface area contributed by atoms with Gasteiger partial charge in [-0.25, -0.2) is 0 Å². The predicted octanol–water partition coefficient (Wildman–Crippen LogP) is 8.81. The van der Waals surface area contributed by atoms with Crippen molar-refractivity contribution in [2.24, 2.45) is 0 Å². The highest BCUT2D eigenvalue weighted by Gasteiger charge is 2.11. The van der Waals surface area contributed by atoms with E-state index in [2.05, 4.69) is 76.7 Å². The van der Waals surface area contributed by atoms with Crippen LogP contribution in [0.1, 0.15) is 70.3 Å². The molecule has 4 heteroatoms. The Hall–Kier alpha value is 1.14. The normalized spacial score (nSPS) is 11.1. The van der Waals surface area contributed by atoms with Gasteiger partial charge in [0.05, 0.1) is 0 Å². The molecule has 0 aromatic heterocycles. The van der Waals surface area contributed by atoms with Gasteiger partial charge in [-0.1, -0.05) is 58.3 Å². The molecule has 1 aromatic rings. The minimum absolute atomic E-state index is 1.07. The molecule has 21 heavy (non-hydrogen) atoms. The van der Waals surface area contributed by atoms with Crippen molar-refractivity contribution in [3.63, 3.8) is 0 Å². The van der Waals surface area contributed by atoms with Crippen LogP contribution in [0.2, 0.25) is 0 Å². The Morgan fingerprint density at radius 1 is 0.667 bits per heavy atom. The number of halogens is 4. The van der Waals surface area contributed by atoms with Crippen molar-refractivity contribution in [1.82, 2.24) is 0 Å². The maximum absolute atomic E-state index is 3.69. The van der Waals surface area contributed by atoms with Gasteiger partial charge in [0.15, 0.2) is 0 Å². The molecule has 0 nitrogen and oxygen atoms in total. The second-order valence-electron chi connectivity index (χ2n) is 5.54. The minimum atomic E-state index is 1.07. The molecule has 1 rings (SSSR count). The average molecular weight is 548 g/mol. The highest BCUT2D eigenvalue weighted by Crippen LogP contribution is 2.39. The standard InChI is InChI=1S/C17H24Br4/c1-2-3-4-5-6-7-8-9-10-11-13-12-14(18)16(20)17(21)15(13)19/h12H,2-11H2,1H3. The summed E-state index contributed by atoms with van der Waals surface area (Å²) in [5.41, 5.74) is 1.37. The fourth-order valence-electron chi connectivity index (χ4n) is 2.43. The smallest absolute Gasteiger partial charge is 0.0473 e. The largest absolute Gasteiger partial charge is 0.0654 e. The van der Waals surface area contributed by atoms with Crippen LogP contribution in [0.25, 0.3) is 0 Å². The molecule has 0 aliphatic heterocycles. The first-order valence-electron chi connectivity index (χ1n) is 7.89. The molecule has 0 saturated heterocycles. The van der Waals surface area contributed by atoms with Gasteiger partial charge in [0.25, 0.3) is 0 Å². The lowest BCUT2D eigenvalue weighted by molar-refractivity contribution is 0.564. The number of aryl methyl sites for hydroxylation is 1. The van der Waals surface area contributed by atoms with Crippen LogP contribution < -0.4 is 0 Å². The summed E-state index contributed by atoms with van der Waals surface area (Å²) in [5, 5.41) is 0. The van der Waals surface area contributed by atoms with Gasteiger partial charge in [-0.15, -0.1) is 0 Å². The highest BCUT2D eigenvalue weighted by molar-refractivity contribution is 9.15. The van der Waals surface area contributed by atoms with Crippen LogP contribution in [0.5, 0.6) is 0 Å². The molecule has 0 fully saturated rings. The third kappa shape index (κ3) is 7.50. The first kappa shape index (κ1) is 20.2. The molecule has 0 amide bonds. The van der Waals surface area contributed by atoms with Crippen molar-refractivity contribution < 1.29 is 0 Å². The lowest BCUT2D eigenvalue weighted by atomic mass is 10.0. The fourth-order valence-corrected chi connectivity index (χ4v) is 4.73. The summed E-state index contributed by atoms with van der Waals surface area (Å²) in [4.78, 5) is 0. The van der Waals surface area contributed by atoms with Gasteiger partial charge < -0.3 is 0 Å². The van der Waals surface area contributed by atoms with Gasteiger partial charge in [-0.3, -0.25) is 0 Å². The SMILES string of the molecule is CCCCCCCCCCCc1cc(Br)c(Br)c(Br)c1Br. The summed E-state index contributed by atoms with van der Waals surface area (Å²) in [5.74, 6) is 0. The van der Waals surface area contributed by atoms with E-state index in [9.17, 15) is 0 Å². The van der Waals surface area contributed by atoms with E-state index in [-0.39, 0.29) is 0 Å². The number of unbranched alkanes of at least 4 members (excludes halogenated alkanes) is 8. The molecule has 0 spiro atoms. The Bertz CT molecular complexity index is 429. The van der Waals surface area contributed by atoms with Crippen molar-refractivity contribution in [2.75, 3.05) is 0 Å². The molecule has 0 heterocycles. The van der Waals surface area contributed by atoms with Crippen LogP contribution in [-0.2, 0) is 6.42 Å². The summed E-state index contributed by atoms with van der Waals surface area (Å²) < 4.78 is 4.47. The van der Waals surface area contributed by atoms with Crippen LogP contribution in [0, 0.1) is 0 Å². The first-order valence-corrected chi connectivity index (χ1v) is 11.1. The zero-order chi connectivity index (χ0) is 15.7. The lowest BCUT2D eigenvalue weighted by Gasteiger charge is -2.10. The zero-order valence-corrected chi connectivity index (χ0v) is 19.0. The van der Waals surface area contributed by atoms with Crippen molar-refractivity contribution in [3.05, 3.63) is 29.5 Å². The quantitative estimate of drug-likeness (QED) is 0.156. The molecule has 1 aromatic carbocycles. The van der Waals surface area contributed by atoms with E-state index in [4.69, 9.17) is 0 Å². The topological polar surface area (TPSA) is 0 Å².